The van der Waals surface area contributed by atoms with Crippen LogP contribution in [-0.2, 0) is 27.6 Å². The largest absolute Gasteiger partial charge is 0.351 e. The molecule has 0 spiro atoms. The summed E-state index contributed by atoms with van der Waals surface area (Å²) in [6, 6.07) is 5.41. The Kier molecular flexibility index (Phi) is 6.60. The molecule has 2 unspecified atom stereocenters. The number of carbonyl (C=O) groups excluding carboxylic acids is 2. The molecule has 2 atom stereocenters. The van der Waals surface area contributed by atoms with Crippen LogP contribution in [0.4, 0.5) is 0 Å². The van der Waals surface area contributed by atoms with Gasteiger partial charge in [0.2, 0.25) is 12.3 Å². The number of benzene rings is 1. The molecule has 1 aromatic rings. The lowest BCUT2D eigenvalue weighted by Gasteiger charge is -2.30. The SMILES string of the molecule is Cl.O=C(NCc1ccc2c(c1)CN(C1NCONO1)C2=O)C1CNCCN1. The highest BCUT2D eigenvalue weighted by Crippen LogP contribution is 2.25. The number of amides is 2. The lowest BCUT2D eigenvalue weighted by atomic mass is 10.1. The number of halogens is 1. The van der Waals surface area contributed by atoms with E-state index in [0.717, 1.165) is 24.2 Å². The third-order valence-electron chi connectivity index (χ3n) is 4.66. The number of nitrogens with zero attached hydrogens (tertiary/aromatic N) is 1. The van der Waals surface area contributed by atoms with E-state index in [-0.39, 0.29) is 37.0 Å². The second-order valence-electron chi connectivity index (χ2n) is 6.40. The normalized spacial score (nSPS) is 24.9. The molecule has 3 heterocycles. The summed E-state index contributed by atoms with van der Waals surface area (Å²) in [6.07, 6.45) is -0.586. The average molecular weight is 399 g/mol. The minimum Gasteiger partial charge on any atom is -0.351 e. The topological polar surface area (TPSA) is 116 Å². The summed E-state index contributed by atoms with van der Waals surface area (Å²) < 4.78 is 0. The zero-order valence-corrected chi connectivity index (χ0v) is 15.4. The van der Waals surface area contributed by atoms with E-state index in [2.05, 4.69) is 26.9 Å². The number of nitrogens with one attached hydrogen (secondary N) is 5. The first kappa shape index (κ1) is 20.0. The van der Waals surface area contributed by atoms with Crippen molar-refractivity contribution in [2.24, 2.45) is 0 Å². The van der Waals surface area contributed by atoms with Crippen LogP contribution in [0.25, 0.3) is 0 Å². The zero-order chi connectivity index (χ0) is 17.9. The maximum absolute atomic E-state index is 12.5. The Balaban J connectivity index is 0.00000210. The molecule has 0 saturated carbocycles. The number of hydrogen-bond acceptors (Lipinski definition) is 8. The molecule has 5 N–H and O–H groups in total. The van der Waals surface area contributed by atoms with E-state index in [4.69, 9.17) is 9.68 Å². The monoisotopic (exact) mass is 398 g/mol. The predicted octanol–water partition coefficient (Wildman–Crippen LogP) is -1.46. The Morgan fingerprint density at radius 3 is 2.93 bits per heavy atom. The quantitative estimate of drug-likeness (QED) is 0.418. The molecular formula is C16H23ClN6O4. The molecule has 1 aromatic carbocycles. The van der Waals surface area contributed by atoms with Gasteiger partial charge in [0.25, 0.3) is 5.91 Å². The van der Waals surface area contributed by atoms with Crippen LogP contribution in [0, 0.1) is 0 Å². The fourth-order valence-corrected chi connectivity index (χ4v) is 3.28. The van der Waals surface area contributed by atoms with Crippen molar-refractivity contribution < 1.29 is 19.3 Å². The minimum absolute atomic E-state index is 0. The summed E-state index contributed by atoms with van der Waals surface area (Å²) in [6.45, 7) is 3.39. The van der Waals surface area contributed by atoms with Crippen molar-refractivity contribution in [3.8, 4) is 0 Å². The third kappa shape index (κ3) is 4.38. The Morgan fingerprint density at radius 1 is 1.30 bits per heavy atom. The van der Waals surface area contributed by atoms with Gasteiger partial charge in [0.05, 0.1) is 12.6 Å². The Morgan fingerprint density at radius 2 is 2.19 bits per heavy atom. The van der Waals surface area contributed by atoms with Crippen LogP contribution in [0.2, 0.25) is 0 Å². The number of piperazine rings is 1. The van der Waals surface area contributed by atoms with Gasteiger partial charge in [-0.3, -0.25) is 19.3 Å². The van der Waals surface area contributed by atoms with Crippen LogP contribution in [0.3, 0.4) is 0 Å². The van der Waals surface area contributed by atoms with E-state index >= 15 is 0 Å². The van der Waals surface area contributed by atoms with Gasteiger partial charge in [-0.1, -0.05) is 17.8 Å². The van der Waals surface area contributed by atoms with Crippen molar-refractivity contribution >= 4 is 24.2 Å². The minimum atomic E-state index is -0.586. The van der Waals surface area contributed by atoms with Gasteiger partial charge in [0.1, 0.15) is 6.73 Å². The third-order valence-corrected chi connectivity index (χ3v) is 4.66. The first-order valence-electron chi connectivity index (χ1n) is 8.63. The summed E-state index contributed by atoms with van der Waals surface area (Å²) >= 11 is 0. The molecule has 11 heteroatoms. The predicted molar refractivity (Wildman–Crippen MR) is 97.2 cm³/mol. The molecule has 27 heavy (non-hydrogen) atoms. The number of hydrogen-bond donors (Lipinski definition) is 5. The fourth-order valence-electron chi connectivity index (χ4n) is 3.28. The number of carbonyl (C=O) groups is 2. The van der Waals surface area contributed by atoms with Crippen LogP contribution < -0.4 is 26.9 Å². The smallest absolute Gasteiger partial charge is 0.257 e. The second-order valence-corrected chi connectivity index (χ2v) is 6.40. The van der Waals surface area contributed by atoms with Crippen LogP contribution in [0.5, 0.6) is 0 Å². The molecule has 3 aliphatic rings. The first-order valence-corrected chi connectivity index (χ1v) is 8.63. The van der Waals surface area contributed by atoms with E-state index in [1.165, 1.54) is 0 Å². The van der Waals surface area contributed by atoms with Gasteiger partial charge < -0.3 is 16.0 Å². The lowest BCUT2D eigenvalue weighted by Crippen LogP contribution is -2.55. The molecule has 0 radical (unpaired) electrons. The highest BCUT2D eigenvalue weighted by molar-refractivity contribution is 5.98. The van der Waals surface area contributed by atoms with E-state index in [0.29, 0.717) is 25.2 Å². The molecular weight excluding hydrogens is 376 g/mol. The number of rotatable bonds is 4. The Bertz CT molecular complexity index is 693. The summed E-state index contributed by atoms with van der Waals surface area (Å²) in [7, 11) is 0. The van der Waals surface area contributed by atoms with Crippen LogP contribution in [-0.4, -0.2) is 55.5 Å². The summed E-state index contributed by atoms with van der Waals surface area (Å²) in [4.78, 5) is 36.3. The summed E-state index contributed by atoms with van der Waals surface area (Å²) in [5.74, 6) is -0.129. The molecule has 10 nitrogen and oxygen atoms in total. The van der Waals surface area contributed by atoms with Gasteiger partial charge in [0, 0.05) is 31.7 Å². The lowest BCUT2D eigenvalue weighted by molar-refractivity contribution is -0.281. The summed E-state index contributed by atoms with van der Waals surface area (Å²) in [5, 5.41) is 12.3. The maximum atomic E-state index is 12.5. The van der Waals surface area contributed by atoms with Gasteiger partial charge in [-0.25, -0.2) is 10.2 Å². The van der Waals surface area contributed by atoms with E-state index in [1.54, 1.807) is 11.0 Å². The van der Waals surface area contributed by atoms with Crippen molar-refractivity contribution in [1.29, 1.82) is 0 Å². The molecule has 4 rings (SSSR count). The molecule has 0 aliphatic carbocycles. The molecule has 3 aliphatic heterocycles. The molecule has 2 saturated heterocycles. The van der Waals surface area contributed by atoms with Gasteiger partial charge in [-0.05, 0) is 17.2 Å². The fraction of sp³-hybridized carbons (Fsp3) is 0.500. The highest BCUT2D eigenvalue weighted by atomic mass is 35.5. The summed E-state index contributed by atoms with van der Waals surface area (Å²) in [5.41, 5.74) is 4.83. The van der Waals surface area contributed by atoms with Gasteiger partial charge in [-0.15, -0.1) is 12.4 Å². The van der Waals surface area contributed by atoms with Crippen molar-refractivity contribution in [3.05, 3.63) is 34.9 Å². The van der Waals surface area contributed by atoms with Crippen LogP contribution in [0.15, 0.2) is 18.2 Å². The molecule has 2 fully saturated rings. The zero-order valence-electron chi connectivity index (χ0n) is 14.6. The number of fused-ring (bicyclic) bond motifs is 1. The first-order chi connectivity index (χ1) is 12.7. The average Bonchev–Trinajstić information content (AvgIpc) is 3.03. The molecule has 2 amide bonds. The van der Waals surface area contributed by atoms with Crippen molar-refractivity contribution in [3.63, 3.8) is 0 Å². The van der Waals surface area contributed by atoms with Crippen LogP contribution >= 0.6 is 12.4 Å². The van der Waals surface area contributed by atoms with Gasteiger partial charge in [0.15, 0.2) is 0 Å². The molecule has 0 bridgehead atoms. The van der Waals surface area contributed by atoms with Crippen LogP contribution in [0.1, 0.15) is 21.5 Å². The molecule has 148 valence electrons. The van der Waals surface area contributed by atoms with Gasteiger partial charge in [-0.2, -0.15) is 0 Å². The highest BCUT2D eigenvalue weighted by Gasteiger charge is 2.34. The standard InChI is InChI=1S/C16H22N6O4.ClH/c23-14(13-7-17-3-4-18-13)19-6-10-1-2-12-11(5-10)8-22(15(12)24)16-20-9-25-21-26-16;/h1-2,5,13,16-18,20-21H,3-4,6-9H2,(H,19,23);1H. The van der Waals surface area contributed by atoms with E-state index in [1.807, 2.05) is 12.1 Å². The second kappa shape index (κ2) is 8.93. The van der Waals surface area contributed by atoms with Crippen molar-refractivity contribution in [1.82, 2.24) is 31.8 Å². The van der Waals surface area contributed by atoms with E-state index in [9.17, 15) is 9.59 Å². The molecule has 0 aromatic heterocycles. The van der Waals surface area contributed by atoms with Crippen molar-refractivity contribution in [2.75, 3.05) is 26.4 Å². The maximum Gasteiger partial charge on any atom is 0.257 e. The van der Waals surface area contributed by atoms with Gasteiger partial charge >= 0.3 is 0 Å². The van der Waals surface area contributed by atoms with E-state index < -0.39 is 6.35 Å². The van der Waals surface area contributed by atoms with Crippen molar-refractivity contribution in [2.45, 2.75) is 25.5 Å². The Hall–Kier alpha value is -1.79. The Labute approximate surface area is 162 Å².